The molecule has 0 bridgehead atoms. The number of ether oxygens (including phenoxy) is 1. The fourth-order valence-corrected chi connectivity index (χ4v) is 2.21. The number of rotatable bonds is 5. The minimum atomic E-state index is -0.487. The van der Waals surface area contributed by atoms with Crippen LogP contribution in [0, 0.1) is 5.41 Å². The number of aromatic nitrogens is 1. The van der Waals surface area contributed by atoms with Gasteiger partial charge in [0.25, 0.3) is 0 Å². The van der Waals surface area contributed by atoms with Gasteiger partial charge in [-0.3, -0.25) is 9.69 Å². The van der Waals surface area contributed by atoms with Crippen LogP contribution < -0.4 is 0 Å². The van der Waals surface area contributed by atoms with E-state index in [1.54, 1.807) is 11.3 Å². The second-order valence-corrected chi connectivity index (χ2v) is 5.25. The van der Waals surface area contributed by atoms with E-state index in [-0.39, 0.29) is 5.97 Å². The number of carbonyl (C=O) groups is 1. The summed E-state index contributed by atoms with van der Waals surface area (Å²) >= 11 is 1.58. The molecule has 4 nitrogen and oxygen atoms in total. The van der Waals surface area contributed by atoms with Crippen molar-refractivity contribution in [3.8, 4) is 0 Å². The zero-order chi connectivity index (χ0) is 12.2. The fraction of sp³-hybridized carbons (Fsp3) is 0.636. The summed E-state index contributed by atoms with van der Waals surface area (Å²) in [5, 5.41) is 2.02. The Morgan fingerprint density at radius 1 is 1.62 bits per heavy atom. The van der Waals surface area contributed by atoms with Crippen LogP contribution in [0.3, 0.4) is 0 Å². The van der Waals surface area contributed by atoms with Gasteiger partial charge in [-0.15, -0.1) is 11.3 Å². The van der Waals surface area contributed by atoms with E-state index < -0.39 is 5.41 Å². The lowest BCUT2D eigenvalue weighted by Crippen LogP contribution is -2.37. The molecule has 0 radical (unpaired) electrons. The molecule has 16 heavy (non-hydrogen) atoms. The number of nitrogens with zero attached hydrogens (tertiary/aromatic N) is 2. The number of esters is 1. The molecule has 0 amide bonds. The molecule has 1 rings (SSSR count). The average molecular weight is 242 g/mol. The Hall–Kier alpha value is -0.940. The van der Waals surface area contributed by atoms with Crippen molar-refractivity contribution in [2.75, 3.05) is 20.7 Å². The van der Waals surface area contributed by atoms with Crippen LogP contribution in [0.5, 0.6) is 0 Å². The molecule has 0 aliphatic rings. The van der Waals surface area contributed by atoms with Gasteiger partial charge in [0.15, 0.2) is 0 Å². The molecule has 1 aromatic rings. The van der Waals surface area contributed by atoms with E-state index >= 15 is 0 Å². The molecule has 0 aliphatic heterocycles. The van der Waals surface area contributed by atoms with Gasteiger partial charge >= 0.3 is 5.97 Å². The first-order valence-electron chi connectivity index (χ1n) is 5.10. The molecule has 90 valence electrons. The monoisotopic (exact) mass is 242 g/mol. The van der Waals surface area contributed by atoms with Crippen molar-refractivity contribution in [2.24, 2.45) is 5.41 Å². The van der Waals surface area contributed by atoms with Crippen LogP contribution >= 0.6 is 11.3 Å². The van der Waals surface area contributed by atoms with Gasteiger partial charge in [0, 0.05) is 18.5 Å². The highest BCUT2D eigenvalue weighted by Gasteiger charge is 2.30. The van der Waals surface area contributed by atoms with Gasteiger partial charge < -0.3 is 4.74 Å². The van der Waals surface area contributed by atoms with Crippen LogP contribution in [-0.4, -0.2) is 36.6 Å². The van der Waals surface area contributed by atoms with Crippen LogP contribution in [-0.2, 0) is 16.1 Å². The molecule has 0 fully saturated rings. The van der Waals surface area contributed by atoms with Crippen LogP contribution in [0.2, 0.25) is 0 Å². The Balaban J connectivity index is 2.50. The molecule has 0 aliphatic carbocycles. The average Bonchev–Trinajstić information content (AvgIpc) is 2.67. The predicted molar refractivity (Wildman–Crippen MR) is 64.2 cm³/mol. The maximum atomic E-state index is 11.5. The van der Waals surface area contributed by atoms with Gasteiger partial charge in [-0.05, 0) is 20.9 Å². The summed E-state index contributed by atoms with van der Waals surface area (Å²) in [6, 6.07) is 0. The van der Waals surface area contributed by atoms with E-state index in [4.69, 9.17) is 4.74 Å². The van der Waals surface area contributed by atoms with Crippen molar-refractivity contribution >= 4 is 17.3 Å². The van der Waals surface area contributed by atoms with Crippen molar-refractivity contribution in [1.82, 2.24) is 9.88 Å². The van der Waals surface area contributed by atoms with E-state index in [9.17, 15) is 4.79 Å². The van der Waals surface area contributed by atoms with Crippen LogP contribution in [0.4, 0.5) is 0 Å². The molecular formula is C11H18N2O2S. The summed E-state index contributed by atoms with van der Waals surface area (Å²) in [6.45, 7) is 5.17. The van der Waals surface area contributed by atoms with Gasteiger partial charge in [-0.25, -0.2) is 4.98 Å². The maximum absolute atomic E-state index is 11.5. The minimum absolute atomic E-state index is 0.183. The summed E-state index contributed by atoms with van der Waals surface area (Å²) in [4.78, 5) is 17.8. The smallest absolute Gasteiger partial charge is 0.312 e. The first-order chi connectivity index (χ1) is 7.45. The Bertz CT molecular complexity index is 336. The third-order valence-corrected chi connectivity index (χ3v) is 2.95. The number of hydrogen-bond acceptors (Lipinski definition) is 5. The summed E-state index contributed by atoms with van der Waals surface area (Å²) in [5.74, 6) is -0.183. The quantitative estimate of drug-likeness (QED) is 0.738. The highest BCUT2D eigenvalue weighted by atomic mass is 32.1. The molecule has 1 heterocycles. The Kier molecular flexibility index (Phi) is 4.44. The van der Waals surface area contributed by atoms with Crippen LogP contribution in [0.1, 0.15) is 19.5 Å². The third-order valence-electron chi connectivity index (χ3n) is 2.32. The lowest BCUT2D eigenvalue weighted by Gasteiger charge is -2.27. The van der Waals surface area contributed by atoms with Gasteiger partial charge in [0.2, 0.25) is 0 Å². The highest BCUT2D eigenvalue weighted by molar-refractivity contribution is 7.07. The van der Waals surface area contributed by atoms with Crippen molar-refractivity contribution in [1.29, 1.82) is 0 Å². The first kappa shape index (κ1) is 13.1. The molecule has 0 saturated carbocycles. The third kappa shape index (κ3) is 3.57. The molecule has 0 unspecified atom stereocenters. The second kappa shape index (κ2) is 5.41. The molecule has 0 aromatic carbocycles. The van der Waals surface area contributed by atoms with Crippen molar-refractivity contribution in [3.05, 3.63) is 16.6 Å². The molecule has 0 saturated heterocycles. The van der Waals surface area contributed by atoms with E-state index in [0.29, 0.717) is 6.54 Å². The summed E-state index contributed by atoms with van der Waals surface area (Å²) < 4.78 is 4.77. The van der Waals surface area contributed by atoms with E-state index in [0.717, 1.165) is 12.2 Å². The lowest BCUT2D eigenvalue weighted by atomic mass is 9.93. The number of hydrogen-bond donors (Lipinski definition) is 0. The van der Waals surface area contributed by atoms with Gasteiger partial charge in [-0.2, -0.15) is 0 Å². The molecule has 0 N–H and O–H groups in total. The Morgan fingerprint density at radius 3 is 2.81 bits per heavy atom. The van der Waals surface area contributed by atoms with E-state index in [1.165, 1.54) is 7.11 Å². The van der Waals surface area contributed by atoms with Crippen molar-refractivity contribution < 1.29 is 9.53 Å². The summed E-state index contributed by atoms with van der Waals surface area (Å²) in [7, 11) is 3.40. The largest absolute Gasteiger partial charge is 0.469 e. The molecule has 5 heteroatoms. The topological polar surface area (TPSA) is 42.4 Å². The zero-order valence-corrected chi connectivity index (χ0v) is 11.0. The van der Waals surface area contributed by atoms with Gasteiger partial charge in [0.05, 0.1) is 23.7 Å². The predicted octanol–water partition coefficient (Wildman–Crippen LogP) is 1.77. The maximum Gasteiger partial charge on any atom is 0.312 e. The fourth-order valence-electron chi connectivity index (χ4n) is 1.66. The molecule has 0 atom stereocenters. The minimum Gasteiger partial charge on any atom is -0.469 e. The van der Waals surface area contributed by atoms with Gasteiger partial charge in [0.1, 0.15) is 0 Å². The van der Waals surface area contributed by atoms with Crippen molar-refractivity contribution in [3.63, 3.8) is 0 Å². The number of methoxy groups -OCH3 is 1. The standard InChI is InChI=1S/C11H18N2O2S/c1-11(2,10(14)15-4)7-13(3)5-9-6-16-8-12-9/h6,8H,5,7H2,1-4H3. The first-order valence-corrected chi connectivity index (χ1v) is 6.04. The molecule has 1 aromatic heterocycles. The van der Waals surface area contributed by atoms with E-state index in [2.05, 4.69) is 9.88 Å². The van der Waals surface area contributed by atoms with E-state index in [1.807, 2.05) is 31.8 Å². The Morgan fingerprint density at radius 2 is 2.31 bits per heavy atom. The van der Waals surface area contributed by atoms with Crippen LogP contribution in [0.25, 0.3) is 0 Å². The summed E-state index contributed by atoms with van der Waals surface area (Å²) in [6.07, 6.45) is 0. The second-order valence-electron chi connectivity index (χ2n) is 4.53. The lowest BCUT2D eigenvalue weighted by molar-refractivity contribution is -0.151. The Labute approximate surface area is 100 Å². The van der Waals surface area contributed by atoms with Crippen LogP contribution in [0.15, 0.2) is 10.9 Å². The molecular weight excluding hydrogens is 224 g/mol. The summed E-state index contributed by atoms with van der Waals surface area (Å²) in [5.41, 5.74) is 2.36. The zero-order valence-electron chi connectivity index (χ0n) is 10.2. The number of carbonyl (C=O) groups excluding carboxylic acids is 1. The molecule has 0 spiro atoms. The normalized spacial score (nSPS) is 11.8. The van der Waals surface area contributed by atoms with Gasteiger partial charge in [-0.1, -0.05) is 0 Å². The highest BCUT2D eigenvalue weighted by Crippen LogP contribution is 2.19. The van der Waals surface area contributed by atoms with Crippen molar-refractivity contribution in [2.45, 2.75) is 20.4 Å². The SMILES string of the molecule is COC(=O)C(C)(C)CN(C)Cc1cscn1. The number of thiazole rings is 1.